The summed E-state index contributed by atoms with van der Waals surface area (Å²) in [7, 11) is 0. The van der Waals surface area contributed by atoms with E-state index in [1.807, 2.05) is 12.1 Å². The molecule has 0 spiro atoms. The molecule has 108 valence electrons. The van der Waals surface area contributed by atoms with Crippen LogP contribution in [0, 0.1) is 11.7 Å². The van der Waals surface area contributed by atoms with Crippen LogP contribution in [0.15, 0.2) is 28.7 Å². The van der Waals surface area contributed by atoms with Crippen molar-refractivity contribution in [2.45, 2.75) is 45.1 Å². The first-order valence-corrected chi connectivity index (χ1v) is 7.68. The predicted molar refractivity (Wildman–Crippen MR) is 79.3 cm³/mol. The molecule has 1 aliphatic rings. The van der Waals surface area contributed by atoms with Gasteiger partial charge in [0.25, 0.3) is 0 Å². The minimum absolute atomic E-state index is 0.267. The molecule has 1 heterocycles. The van der Waals surface area contributed by atoms with Crippen LogP contribution in [0.25, 0.3) is 11.0 Å². The molecule has 0 saturated heterocycles. The van der Waals surface area contributed by atoms with Crippen LogP contribution in [0.1, 0.15) is 38.4 Å². The van der Waals surface area contributed by atoms with E-state index in [0.29, 0.717) is 11.6 Å². The van der Waals surface area contributed by atoms with Gasteiger partial charge in [-0.3, -0.25) is 0 Å². The van der Waals surface area contributed by atoms with E-state index < -0.39 is 0 Å². The highest BCUT2D eigenvalue weighted by molar-refractivity contribution is 5.78. The number of para-hydroxylation sites is 1. The second-order valence-electron chi connectivity index (χ2n) is 5.81. The molecular formula is C17H22FNO. The first-order chi connectivity index (χ1) is 9.78. The molecule has 0 aliphatic heterocycles. The average Bonchev–Trinajstić information content (AvgIpc) is 3.19. The normalized spacial score (nSPS) is 16.7. The minimum Gasteiger partial charge on any atom is -0.458 e. The van der Waals surface area contributed by atoms with Gasteiger partial charge in [0.1, 0.15) is 5.76 Å². The Morgan fingerprint density at radius 1 is 1.40 bits per heavy atom. The highest BCUT2D eigenvalue weighted by Gasteiger charge is 2.30. The monoisotopic (exact) mass is 275 g/mol. The summed E-state index contributed by atoms with van der Waals surface area (Å²) >= 11 is 0. The maximum absolute atomic E-state index is 13.6. The summed E-state index contributed by atoms with van der Waals surface area (Å²) in [6, 6.07) is 7.65. The lowest BCUT2D eigenvalue weighted by Crippen LogP contribution is -2.32. The second-order valence-corrected chi connectivity index (χ2v) is 5.81. The van der Waals surface area contributed by atoms with Gasteiger partial charge in [0.15, 0.2) is 11.4 Å². The van der Waals surface area contributed by atoms with E-state index in [4.69, 9.17) is 4.42 Å². The molecule has 1 fully saturated rings. The number of furan rings is 1. The highest BCUT2D eigenvalue weighted by Crippen LogP contribution is 2.35. The fraction of sp³-hybridized carbons (Fsp3) is 0.529. The zero-order valence-electron chi connectivity index (χ0n) is 12.0. The van der Waals surface area contributed by atoms with Crippen molar-refractivity contribution in [1.29, 1.82) is 0 Å². The first-order valence-electron chi connectivity index (χ1n) is 7.68. The Morgan fingerprint density at radius 2 is 2.25 bits per heavy atom. The smallest absolute Gasteiger partial charge is 0.169 e. The van der Waals surface area contributed by atoms with E-state index in [-0.39, 0.29) is 5.82 Å². The Balaban J connectivity index is 1.64. The Hall–Kier alpha value is -1.35. The fourth-order valence-corrected chi connectivity index (χ4v) is 2.83. The lowest BCUT2D eigenvalue weighted by atomic mass is 10.1. The van der Waals surface area contributed by atoms with E-state index in [1.54, 1.807) is 6.07 Å². The number of benzene rings is 1. The minimum atomic E-state index is -0.267. The van der Waals surface area contributed by atoms with Crippen LogP contribution in [-0.4, -0.2) is 12.6 Å². The molecule has 1 N–H and O–H groups in total. The SMILES string of the molecule is CCCNC(CCc1cc2cccc(F)c2o1)C1CC1. The lowest BCUT2D eigenvalue weighted by molar-refractivity contribution is 0.416. The molecule has 0 bridgehead atoms. The third-order valence-corrected chi connectivity index (χ3v) is 4.10. The van der Waals surface area contributed by atoms with Crippen molar-refractivity contribution < 1.29 is 8.81 Å². The first kappa shape index (κ1) is 13.6. The second kappa shape index (κ2) is 5.96. The summed E-state index contributed by atoms with van der Waals surface area (Å²) in [5.41, 5.74) is 0.395. The molecule has 0 radical (unpaired) electrons. The van der Waals surface area contributed by atoms with Crippen LogP contribution < -0.4 is 5.32 Å². The topological polar surface area (TPSA) is 25.2 Å². The van der Waals surface area contributed by atoms with Gasteiger partial charge in [0, 0.05) is 17.8 Å². The Kier molecular flexibility index (Phi) is 4.06. The summed E-state index contributed by atoms with van der Waals surface area (Å²) in [5.74, 6) is 1.47. The summed E-state index contributed by atoms with van der Waals surface area (Å²) in [4.78, 5) is 0. The zero-order valence-corrected chi connectivity index (χ0v) is 12.0. The van der Waals surface area contributed by atoms with Gasteiger partial charge in [-0.15, -0.1) is 0 Å². The van der Waals surface area contributed by atoms with Crippen molar-refractivity contribution in [3.8, 4) is 0 Å². The van der Waals surface area contributed by atoms with Crippen LogP contribution in [0.4, 0.5) is 4.39 Å². The maximum atomic E-state index is 13.6. The molecule has 1 unspecified atom stereocenters. The van der Waals surface area contributed by atoms with Crippen molar-refractivity contribution in [1.82, 2.24) is 5.32 Å². The van der Waals surface area contributed by atoms with E-state index in [2.05, 4.69) is 12.2 Å². The van der Waals surface area contributed by atoms with Crippen LogP contribution in [0.5, 0.6) is 0 Å². The van der Waals surface area contributed by atoms with Crippen molar-refractivity contribution in [2.24, 2.45) is 5.92 Å². The van der Waals surface area contributed by atoms with E-state index in [0.717, 1.165) is 36.5 Å². The summed E-state index contributed by atoms with van der Waals surface area (Å²) in [6.45, 7) is 3.27. The Labute approximate surface area is 119 Å². The number of nitrogens with one attached hydrogen (secondary N) is 1. The molecule has 1 saturated carbocycles. The van der Waals surface area contributed by atoms with Crippen LogP contribution in [0.3, 0.4) is 0 Å². The van der Waals surface area contributed by atoms with Crippen molar-refractivity contribution in [2.75, 3.05) is 6.54 Å². The summed E-state index contributed by atoms with van der Waals surface area (Å²) in [6.07, 6.45) is 5.81. The molecule has 1 aromatic heterocycles. The molecule has 1 aliphatic carbocycles. The molecule has 1 atom stereocenters. The Morgan fingerprint density at radius 3 is 2.95 bits per heavy atom. The molecular weight excluding hydrogens is 253 g/mol. The molecule has 1 aromatic carbocycles. The number of aryl methyl sites for hydroxylation is 1. The third kappa shape index (κ3) is 3.04. The van der Waals surface area contributed by atoms with E-state index in [9.17, 15) is 4.39 Å². The number of hydrogen-bond donors (Lipinski definition) is 1. The van der Waals surface area contributed by atoms with Gasteiger partial charge >= 0.3 is 0 Å². The molecule has 2 nitrogen and oxygen atoms in total. The summed E-state index contributed by atoms with van der Waals surface area (Å²) < 4.78 is 19.2. The number of rotatable bonds is 7. The van der Waals surface area contributed by atoms with Gasteiger partial charge in [0.2, 0.25) is 0 Å². The van der Waals surface area contributed by atoms with Gasteiger partial charge in [0.05, 0.1) is 0 Å². The lowest BCUT2D eigenvalue weighted by Gasteiger charge is -2.17. The van der Waals surface area contributed by atoms with Crippen LogP contribution >= 0.6 is 0 Å². The van der Waals surface area contributed by atoms with Crippen molar-refractivity contribution >= 4 is 11.0 Å². The van der Waals surface area contributed by atoms with E-state index in [1.165, 1.54) is 25.3 Å². The molecule has 3 heteroatoms. The van der Waals surface area contributed by atoms with Crippen molar-refractivity contribution in [3.63, 3.8) is 0 Å². The zero-order chi connectivity index (χ0) is 13.9. The van der Waals surface area contributed by atoms with Gasteiger partial charge in [-0.1, -0.05) is 19.1 Å². The standard InChI is InChI=1S/C17H22FNO/c1-2-10-19-16(12-6-7-12)9-8-14-11-13-4-3-5-15(18)17(13)20-14/h3-5,11-12,16,19H,2,6-10H2,1H3. The number of halogens is 1. The molecule has 0 amide bonds. The Bertz CT molecular complexity index is 573. The van der Waals surface area contributed by atoms with Gasteiger partial charge in [-0.05, 0) is 50.3 Å². The van der Waals surface area contributed by atoms with Gasteiger partial charge < -0.3 is 9.73 Å². The molecule has 2 aromatic rings. The predicted octanol–water partition coefficient (Wildman–Crippen LogP) is 4.28. The summed E-state index contributed by atoms with van der Waals surface area (Å²) in [5, 5.41) is 4.50. The highest BCUT2D eigenvalue weighted by atomic mass is 19.1. The van der Waals surface area contributed by atoms with Gasteiger partial charge in [-0.25, -0.2) is 4.39 Å². The molecule has 20 heavy (non-hydrogen) atoms. The van der Waals surface area contributed by atoms with Crippen molar-refractivity contribution in [3.05, 3.63) is 35.8 Å². The average molecular weight is 275 g/mol. The third-order valence-electron chi connectivity index (χ3n) is 4.10. The van der Waals surface area contributed by atoms with Crippen LogP contribution in [-0.2, 0) is 6.42 Å². The number of fused-ring (bicyclic) bond motifs is 1. The van der Waals surface area contributed by atoms with Gasteiger partial charge in [-0.2, -0.15) is 0 Å². The number of hydrogen-bond acceptors (Lipinski definition) is 2. The van der Waals surface area contributed by atoms with E-state index >= 15 is 0 Å². The maximum Gasteiger partial charge on any atom is 0.169 e. The van der Waals surface area contributed by atoms with Crippen LogP contribution in [0.2, 0.25) is 0 Å². The quantitative estimate of drug-likeness (QED) is 0.815. The largest absolute Gasteiger partial charge is 0.458 e. The molecule has 3 rings (SSSR count). The fourth-order valence-electron chi connectivity index (χ4n) is 2.83.